The van der Waals surface area contributed by atoms with Crippen molar-refractivity contribution in [2.75, 3.05) is 17.1 Å². The number of rotatable bonds is 6. The van der Waals surface area contributed by atoms with Gasteiger partial charge >= 0.3 is 6.01 Å². The molecule has 0 spiro atoms. The van der Waals surface area contributed by atoms with E-state index in [-0.39, 0.29) is 23.6 Å². The summed E-state index contributed by atoms with van der Waals surface area (Å²) < 4.78 is 31.5. The van der Waals surface area contributed by atoms with E-state index in [9.17, 15) is 8.42 Å². The van der Waals surface area contributed by atoms with E-state index in [1.165, 1.54) is 6.42 Å². The molecule has 1 aromatic rings. The number of aromatic nitrogens is 3. The van der Waals surface area contributed by atoms with Crippen LogP contribution in [0.1, 0.15) is 39.0 Å². The van der Waals surface area contributed by atoms with Crippen LogP contribution in [0.5, 0.6) is 6.01 Å². The summed E-state index contributed by atoms with van der Waals surface area (Å²) in [6.45, 7) is 2.25. The van der Waals surface area contributed by atoms with Crippen molar-refractivity contribution in [1.29, 1.82) is 0 Å². The van der Waals surface area contributed by atoms with Gasteiger partial charge in [0.25, 0.3) is 0 Å². The number of hydrogen-bond donors (Lipinski definition) is 2. The molecule has 8 heteroatoms. The first-order valence-electron chi connectivity index (χ1n) is 6.65. The minimum absolute atomic E-state index is 0.110. The molecule has 19 heavy (non-hydrogen) atoms. The summed E-state index contributed by atoms with van der Waals surface area (Å²) in [7, 11) is -3.38. The number of nitrogens with zero attached hydrogens (tertiary/aromatic N) is 2. The van der Waals surface area contributed by atoms with Crippen molar-refractivity contribution in [3.05, 3.63) is 0 Å². The lowest BCUT2D eigenvalue weighted by atomic mass is 9.91. The van der Waals surface area contributed by atoms with Gasteiger partial charge in [-0.1, -0.05) is 19.3 Å². The summed E-state index contributed by atoms with van der Waals surface area (Å²) in [5.74, 6) is 0.511. The van der Waals surface area contributed by atoms with Gasteiger partial charge in [0.2, 0.25) is 16.0 Å². The Bertz CT molecular complexity index is 494. The zero-order valence-electron chi connectivity index (χ0n) is 11.1. The molecule has 0 bridgehead atoms. The molecular weight excluding hydrogens is 268 g/mol. The second kappa shape index (κ2) is 6.23. The fourth-order valence-electron chi connectivity index (χ4n) is 2.34. The van der Waals surface area contributed by atoms with E-state index < -0.39 is 10.0 Å². The summed E-state index contributed by atoms with van der Waals surface area (Å²) >= 11 is 0. The van der Waals surface area contributed by atoms with E-state index in [4.69, 9.17) is 4.74 Å². The maximum absolute atomic E-state index is 12.0. The largest absolute Gasteiger partial charge is 0.463 e. The van der Waals surface area contributed by atoms with Crippen LogP contribution in [-0.2, 0) is 10.0 Å². The number of ether oxygens (including phenoxy) is 1. The van der Waals surface area contributed by atoms with Crippen LogP contribution < -0.4 is 9.46 Å². The van der Waals surface area contributed by atoms with Gasteiger partial charge in [-0.2, -0.15) is 4.98 Å². The molecule has 0 unspecified atom stereocenters. The zero-order valence-corrected chi connectivity index (χ0v) is 11.9. The van der Waals surface area contributed by atoms with Crippen molar-refractivity contribution < 1.29 is 13.2 Å². The van der Waals surface area contributed by atoms with Crippen LogP contribution in [0.3, 0.4) is 0 Å². The van der Waals surface area contributed by atoms with E-state index in [1.54, 1.807) is 0 Å². The summed E-state index contributed by atoms with van der Waals surface area (Å²) in [5, 5.41) is 6.26. The van der Waals surface area contributed by atoms with Gasteiger partial charge in [-0.3, -0.25) is 4.72 Å². The molecule has 1 aromatic heterocycles. The molecule has 0 saturated heterocycles. The molecule has 2 rings (SSSR count). The molecule has 1 aliphatic carbocycles. The summed E-state index contributed by atoms with van der Waals surface area (Å²) in [6, 6.07) is 0.151. The second-order valence-electron chi connectivity index (χ2n) is 4.79. The molecule has 108 valence electrons. The van der Waals surface area contributed by atoms with Gasteiger partial charge < -0.3 is 4.74 Å². The number of hydrogen-bond acceptors (Lipinski definition) is 5. The van der Waals surface area contributed by atoms with Crippen LogP contribution in [0.25, 0.3) is 0 Å². The first-order valence-corrected chi connectivity index (χ1v) is 8.30. The average molecular weight is 288 g/mol. The first-order chi connectivity index (χ1) is 9.09. The van der Waals surface area contributed by atoms with Crippen LogP contribution >= 0.6 is 0 Å². The van der Waals surface area contributed by atoms with Crippen molar-refractivity contribution in [1.82, 2.24) is 15.2 Å². The third kappa shape index (κ3) is 4.38. The molecule has 2 N–H and O–H groups in total. The lowest BCUT2D eigenvalue weighted by Gasteiger charge is -2.21. The Balaban J connectivity index is 1.91. The normalized spacial score (nSPS) is 17.3. The van der Waals surface area contributed by atoms with Crippen LogP contribution in [0.15, 0.2) is 0 Å². The van der Waals surface area contributed by atoms with Gasteiger partial charge in [0.05, 0.1) is 12.4 Å². The number of nitrogens with one attached hydrogen (secondary N) is 2. The van der Waals surface area contributed by atoms with Gasteiger partial charge in [-0.15, -0.1) is 5.10 Å². The highest BCUT2D eigenvalue weighted by atomic mass is 32.2. The predicted molar refractivity (Wildman–Crippen MR) is 71.5 cm³/mol. The lowest BCUT2D eigenvalue weighted by Crippen LogP contribution is -2.24. The number of H-pyrrole nitrogens is 1. The highest BCUT2D eigenvalue weighted by Gasteiger charge is 2.22. The second-order valence-corrected chi connectivity index (χ2v) is 6.55. The molecule has 0 atom stereocenters. The van der Waals surface area contributed by atoms with Crippen molar-refractivity contribution in [3.8, 4) is 6.01 Å². The molecule has 7 nitrogen and oxygen atoms in total. The maximum Gasteiger partial charge on any atom is 0.337 e. The Morgan fingerprint density at radius 2 is 2.11 bits per heavy atom. The molecule has 0 aliphatic heterocycles. The van der Waals surface area contributed by atoms with Gasteiger partial charge in [-0.05, 0) is 25.7 Å². The Hall–Kier alpha value is -1.31. The van der Waals surface area contributed by atoms with Crippen LogP contribution in [0, 0.1) is 5.92 Å². The first kappa shape index (κ1) is 14.1. The van der Waals surface area contributed by atoms with E-state index in [0.717, 1.165) is 25.7 Å². The van der Waals surface area contributed by atoms with Gasteiger partial charge in [0.1, 0.15) is 0 Å². The Kier molecular flexibility index (Phi) is 4.62. The SMILES string of the molecule is CCOc1n[nH]c(NS(=O)(=O)CC2CCCCC2)n1. The minimum atomic E-state index is -3.38. The molecule has 1 aliphatic rings. The zero-order chi connectivity index (χ0) is 13.7. The summed E-state index contributed by atoms with van der Waals surface area (Å²) in [4.78, 5) is 3.90. The predicted octanol–water partition coefficient (Wildman–Crippen LogP) is 1.53. The lowest BCUT2D eigenvalue weighted by molar-refractivity contribution is 0.314. The third-order valence-electron chi connectivity index (χ3n) is 3.17. The smallest absolute Gasteiger partial charge is 0.337 e. The van der Waals surface area contributed by atoms with E-state index in [0.29, 0.717) is 6.61 Å². The van der Waals surface area contributed by atoms with E-state index in [1.807, 2.05) is 6.92 Å². The molecule has 0 amide bonds. The average Bonchev–Trinajstić information content (AvgIpc) is 2.77. The summed E-state index contributed by atoms with van der Waals surface area (Å²) in [6.07, 6.45) is 5.43. The molecule has 0 aromatic carbocycles. The molecular formula is C11H20N4O3S. The fraction of sp³-hybridized carbons (Fsp3) is 0.818. The molecule has 1 fully saturated rings. The van der Waals surface area contributed by atoms with Crippen molar-refractivity contribution in [2.45, 2.75) is 39.0 Å². The van der Waals surface area contributed by atoms with Gasteiger partial charge in [-0.25, -0.2) is 13.5 Å². The van der Waals surface area contributed by atoms with Crippen LogP contribution in [0.4, 0.5) is 5.95 Å². The van der Waals surface area contributed by atoms with Crippen LogP contribution in [-0.4, -0.2) is 36.0 Å². The Labute approximate surface area is 113 Å². The monoisotopic (exact) mass is 288 g/mol. The van der Waals surface area contributed by atoms with Crippen LogP contribution in [0.2, 0.25) is 0 Å². The highest BCUT2D eigenvalue weighted by molar-refractivity contribution is 7.92. The maximum atomic E-state index is 12.0. The third-order valence-corrected chi connectivity index (χ3v) is 4.58. The summed E-state index contributed by atoms with van der Waals surface area (Å²) in [5.41, 5.74) is 0. The topological polar surface area (TPSA) is 97.0 Å². The number of sulfonamides is 1. The molecule has 1 heterocycles. The fourth-order valence-corrected chi connectivity index (χ4v) is 3.76. The number of anilines is 1. The Morgan fingerprint density at radius 1 is 1.37 bits per heavy atom. The molecule has 0 radical (unpaired) electrons. The van der Waals surface area contributed by atoms with Gasteiger partial charge in [0.15, 0.2) is 0 Å². The highest BCUT2D eigenvalue weighted by Crippen LogP contribution is 2.25. The van der Waals surface area contributed by atoms with E-state index in [2.05, 4.69) is 19.9 Å². The minimum Gasteiger partial charge on any atom is -0.463 e. The van der Waals surface area contributed by atoms with Gasteiger partial charge in [0, 0.05) is 0 Å². The van der Waals surface area contributed by atoms with Crippen molar-refractivity contribution >= 4 is 16.0 Å². The van der Waals surface area contributed by atoms with Crippen molar-refractivity contribution in [2.24, 2.45) is 5.92 Å². The van der Waals surface area contributed by atoms with Crippen molar-refractivity contribution in [3.63, 3.8) is 0 Å². The quantitative estimate of drug-likeness (QED) is 0.827. The number of aromatic amines is 1. The standard InChI is InChI=1S/C11H20N4O3S/c1-2-18-11-12-10(13-14-11)15-19(16,17)8-9-6-4-3-5-7-9/h9H,2-8H2,1H3,(H2,12,13,14,15). The molecule has 1 saturated carbocycles. The Morgan fingerprint density at radius 3 is 2.79 bits per heavy atom. The van der Waals surface area contributed by atoms with E-state index >= 15 is 0 Å².